The number of aryl methyl sites for hydroxylation is 2. The quantitative estimate of drug-likeness (QED) is 0.736. The highest BCUT2D eigenvalue weighted by molar-refractivity contribution is 7.80. The van der Waals surface area contributed by atoms with Crippen LogP contribution in [-0.2, 0) is 6.54 Å². The fourth-order valence-corrected chi connectivity index (χ4v) is 5.40. The van der Waals surface area contributed by atoms with E-state index in [9.17, 15) is 0 Å². The molecule has 2 aliphatic rings. The van der Waals surface area contributed by atoms with Crippen molar-refractivity contribution < 1.29 is 0 Å². The molecule has 2 saturated heterocycles. The molecule has 2 unspecified atom stereocenters. The SMILES string of the molecule is Cc1ccc(NC(=S)NC2CC3CCC(C2)N3Cc2cccs2)cc1C. The molecule has 4 rings (SSSR count). The molecule has 2 aromatic rings. The number of anilines is 1. The summed E-state index contributed by atoms with van der Waals surface area (Å²) in [5.74, 6) is 0. The van der Waals surface area contributed by atoms with Gasteiger partial charge in [0, 0.05) is 35.2 Å². The maximum atomic E-state index is 5.58. The second-order valence-electron chi connectivity index (χ2n) is 7.70. The molecule has 138 valence electrons. The summed E-state index contributed by atoms with van der Waals surface area (Å²) >= 11 is 7.45. The average molecular weight is 386 g/mol. The number of thiophene rings is 1. The first-order valence-corrected chi connectivity index (χ1v) is 10.8. The van der Waals surface area contributed by atoms with Gasteiger partial charge in [0.05, 0.1) is 0 Å². The van der Waals surface area contributed by atoms with Gasteiger partial charge < -0.3 is 10.6 Å². The molecule has 2 aliphatic heterocycles. The molecule has 1 aromatic carbocycles. The van der Waals surface area contributed by atoms with E-state index in [1.165, 1.54) is 41.7 Å². The lowest BCUT2D eigenvalue weighted by Gasteiger charge is -2.39. The lowest BCUT2D eigenvalue weighted by Crippen LogP contribution is -2.50. The van der Waals surface area contributed by atoms with Crippen LogP contribution in [0.1, 0.15) is 41.7 Å². The lowest BCUT2D eigenvalue weighted by molar-refractivity contribution is 0.116. The van der Waals surface area contributed by atoms with Crippen molar-refractivity contribution in [2.75, 3.05) is 5.32 Å². The molecule has 26 heavy (non-hydrogen) atoms. The fourth-order valence-electron chi connectivity index (χ4n) is 4.40. The number of hydrogen-bond acceptors (Lipinski definition) is 3. The van der Waals surface area contributed by atoms with Crippen molar-refractivity contribution in [3.05, 3.63) is 51.7 Å². The van der Waals surface area contributed by atoms with Crippen LogP contribution in [0.25, 0.3) is 0 Å². The Bertz CT molecular complexity index is 758. The zero-order chi connectivity index (χ0) is 18.1. The Hall–Kier alpha value is -1.43. The van der Waals surface area contributed by atoms with Crippen LogP contribution in [-0.4, -0.2) is 28.1 Å². The monoisotopic (exact) mass is 385 g/mol. The number of fused-ring (bicyclic) bond motifs is 2. The minimum Gasteiger partial charge on any atom is -0.360 e. The van der Waals surface area contributed by atoms with Crippen LogP contribution < -0.4 is 10.6 Å². The second-order valence-corrected chi connectivity index (χ2v) is 9.14. The molecule has 2 N–H and O–H groups in total. The summed E-state index contributed by atoms with van der Waals surface area (Å²) in [7, 11) is 0. The molecule has 0 amide bonds. The van der Waals surface area contributed by atoms with Crippen LogP contribution in [0, 0.1) is 13.8 Å². The molecule has 0 aliphatic carbocycles. The first-order valence-electron chi connectivity index (χ1n) is 9.51. The largest absolute Gasteiger partial charge is 0.360 e. The van der Waals surface area contributed by atoms with Crippen molar-refractivity contribution >= 4 is 34.4 Å². The molecule has 2 fully saturated rings. The van der Waals surface area contributed by atoms with E-state index in [2.05, 4.69) is 65.1 Å². The minimum absolute atomic E-state index is 0.485. The summed E-state index contributed by atoms with van der Waals surface area (Å²) in [6, 6.07) is 12.7. The molecule has 1 aromatic heterocycles. The molecule has 0 radical (unpaired) electrons. The third-order valence-corrected chi connectivity index (χ3v) is 6.98. The predicted molar refractivity (Wildman–Crippen MR) is 115 cm³/mol. The summed E-state index contributed by atoms with van der Waals surface area (Å²) in [6.45, 7) is 5.39. The highest BCUT2D eigenvalue weighted by Crippen LogP contribution is 2.37. The number of piperidine rings is 1. The second kappa shape index (κ2) is 7.67. The van der Waals surface area contributed by atoms with Crippen LogP contribution >= 0.6 is 23.6 Å². The molecule has 0 spiro atoms. The van der Waals surface area contributed by atoms with Crippen LogP contribution in [0.3, 0.4) is 0 Å². The number of benzene rings is 1. The van der Waals surface area contributed by atoms with Gasteiger partial charge in [0.25, 0.3) is 0 Å². The number of thiocarbonyl (C=S) groups is 1. The zero-order valence-electron chi connectivity index (χ0n) is 15.5. The number of nitrogens with one attached hydrogen (secondary N) is 2. The van der Waals surface area contributed by atoms with Crippen molar-refractivity contribution in [2.45, 2.75) is 64.2 Å². The normalized spacial score (nSPS) is 25.2. The Morgan fingerprint density at radius 3 is 2.58 bits per heavy atom. The minimum atomic E-state index is 0.485. The van der Waals surface area contributed by atoms with E-state index in [4.69, 9.17) is 12.2 Å². The van der Waals surface area contributed by atoms with Gasteiger partial charge in [-0.05, 0) is 86.5 Å². The van der Waals surface area contributed by atoms with Crippen molar-refractivity contribution in [1.82, 2.24) is 10.2 Å². The Kier molecular flexibility index (Phi) is 5.30. The Morgan fingerprint density at radius 1 is 1.15 bits per heavy atom. The summed E-state index contributed by atoms with van der Waals surface area (Å²) in [5.41, 5.74) is 3.67. The van der Waals surface area contributed by atoms with Crippen molar-refractivity contribution in [1.29, 1.82) is 0 Å². The van der Waals surface area contributed by atoms with Gasteiger partial charge >= 0.3 is 0 Å². The van der Waals surface area contributed by atoms with Crippen LogP contribution in [0.2, 0.25) is 0 Å². The van der Waals surface area contributed by atoms with Gasteiger partial charge in [0.1, 0.15) is 0 Å². The van der Waals surface area contributed by atoms with E-state index >= 15 is 0 Å². The number of rotatable bonds is 4. The number of nitrogens with zero attached hydrogens (tertiary/aromatic N) is 1. The van der Waals surface area contributed by atoms with E-state index in [1.807, 2.05) is 11.3 Å². The van der Waals surface area contributed by atoms with Crippen molar-refractivity contribution in [3.63, 3.8) is 0 Å². The van der Waals surface area contributed by atoms with E-state index in [0.29, 0.717) is 18.1 Å². The summed E-state index contributed by atoms with van der Waals surface area (Å²) in [6.07, 6.45) is 5.03. The number of hydrogen-bond donors (Lipinski definition) is 2. The van der Waals surface area contributed by atoms with Gasteiger partial charge in [-0.1, -0.05) is 12.1 Å². The zero-order valence-corrected chi connectivity index (χ0v) is 17.1. The van der Waals surface area contributed by atoms with Crippen molar-refractivity contribution in [3.8, 4) is 0 Å². The Balaban J connectivity index is 1.32. The predicted octanol–water partition coefficient (Wildman–Crippen LogP) is 4.85. The molecule has 2 atom stereocenters. The Morgan fingerprint density at radius 2 is 1.92 bits per heavy atom. The third-order valence-electron chi connectivity index (χ3n) is 5.90. The Labute approximate surface area is 165 Å². The highest BCUT2D eigenvalue weighted by Gasteiger charge is 2.40. The molecular formula is C21H27N3S2. The highest BCUT2D eigenvalue weighted by atomic mass is 32.1. The van der Waals surface area contributed by atoms with Crippen LogP contribution in [0.5, 0.6) is 0 Å². The first kappa shape index (κ1) is 18.0. The maximum absolute atomic E-state index is 5.58. The molecule has 5 heteroatoms. The molecule has 2 bridgehead atoms. The smallest absolute Gasteiger partial charge is 0.170 e. The van der Waals surface area contributed by atoms with E-state index < -0.39 is 0 Å². The molecule has 0 saturated carbocycles. The molecular weight excluding hydrogens is 358 g/mol. The van der Waals surface area contributed by atoms with Crippen LogP contribution in [0.4, 0.5) is 5.69 Å². The van der Waals surface area contributed by atoms with E-state index in [0.717, 1.165) is 17.3 Å². The summed E-state index contributed by atoms with van der Waals surface area (Å²) in [4.78, 5) is 4.21. The molecule has 3 heterocycles. The van der Waals surface area contributed by atoms with Crippen LogP contribution in [0.15, 0.2) is 35.7 Å². The van der Waals surface area contributed by atoms with Gasteiger partial charge in [-0.25, -0.2) is 0 Å². The standard InChI is InChI=1S/C21H27N3S2/c1-14-5-6-16(10-15(14)2)22-21(25)23-17-11-18-7-8-19(12-17)24(18)13-20-4-3-9-26-20/h3-6,9-10,17-19H,7-8,11-13H2,1-2H3,(H2,22,23,25). The van der Waals surface area contributed by atoms with E-state index in [1.54, 1.807) is 0 Å². The third kappa shape index (κ3) is 3.95. The van der Waals surface area contributed by atoms with Gasteiger partial charge in [0.2, 0.25) is 0 Å². The van der Waals surface area contributed by atoms with Crippen molar-refractivity contribution in [2.24, 2.45) is 0 Å². The van der Waals surface area contributed by atoms with E-state index in [-0.39, 0.29) is 0 Å². The first-order chi connectivity index (χ1) is 12.6. The molecule has 3 nitrogen and oxygen atoms in total. The fraction of sp³-hybridized carbons (Fsp3) is 0.476. The summed E-state index contributed by atoms with van der Waals surface area (Å²) < 4.78 is 0. The van der Waals surface area contributed by atoms with Gasteiger partial charge in [0.15, 0.2) is 5.11 Å². The van der Waals surface area contributed by atoms with Gasteiger partial charge in [-0.3, -0.25) is 4.90 Å². The van der Waals surface area contributed by atoms with Gasteiger partial charge in [-0.15, -0.1) is 11.3 Å². The topological polar surface area (TPSA) is 27.3 Å². The van der Waals surface area contributed by atoms with Gasteiger partial charge in [-0.2, -0.15) is 0 Å². The summed E-state index contributed by atoms with van der Waals surface area (Å²) in [5, 5.41) is 9.88. The lowest BCUT2D eigenvalue weighted by atomic mass is 9.97. The average Bonchev–Trinajstić information content (AvgIpc) is 3.18. The maximum Gasteiger partial charge on any atom is 0.170 e.